The number of aliphatic hydroxyl groups is 3. The maximum absolute atomic E-state index is 11.9. The Bertz CT molecular complexity index is 1090. The first-order valence-corrected chi connectivity index (χ1v) is 9.95. The van der Waals surface area contributed by atoms with Gasteiger partial charge in [-0.2, -0.15) is 4.98 Å². The number of likely N-dealkylation sites (tertiary alicyclic amines) is 1. The van der Waals surface area contributed by atoms with E-state index in [1.807, 2.05) is 30.3 Å². The first kappa shape index (κ1) is 22.0. The molecule has 0 radical (unpaired) electrons. The van der Waals surface area contributed by atoms with Crippen LogP contribution in [-0.2, 0) is 18.1 Å². The van der Waals surface area contributed by atoms with E-state index in [2.05, 4.69) is 9.97 Å². The van der Waals surface area contributed by atoms with Crippen LogP contribution in [-0.4, -0.2) is 77.9 Å². The average molecular weight is 444 g/mol. The van der Waals surface area contributed by atoms with Gasteiger partial charge in [0.15, 0.2) is 0 Å². The SMILES string of the molecule is COc1ncnc2c(C3C(O)C(O)C(CO)N3C(=O)O)cn(COCc3ccccc3)c12. The lowest BCUT2D eigenvalue weighted by Crippen LogP contribution is -2.42. The highest BCUT2D eigenvalue weighted by Crippen LogP contribution is 2.41. The quantitative estimate of drug-likeness (QED) is 0.413. The number of carboxylic acid groups (broad SMARTS) is 1. The molecule has 4 rings (SSSR count). The Morgan fingerprint density at radius 2 is 1.91 bits per heavy atom. The number of nitrogens with zero attached hydrogens (tertiary/aromatic N) is 4. The monoisotopic (exact) mass is 444 g/mol. The summed E-state index contributed by atoms with van der Waals surface area (Å²) in [6.45, 7) is -0.223. The predicted molar refractivity (Wildman–Crippen MR) is 111 cm³/mol. The second-order valence-electron chi connectivity index (χ2n) is 7.46. The molecule has 0 bridgehead atoms. The molecule has 1 aliphatic heterocycles. The summed E-state index contributed by atoms with van der Waals surface area (Å²) < 4.78 is 12.9. The number of aliphatic hydroxyl groups excluding tert-OH is 3. The normalized spacial score (nSPS) is 23.1. The molecular formula is C21H24N4O7. The summed E-state index contributed by atoms with van der Waals surface area (Å²) in [7, 11) is 1.45. The van der Waals surface area contributed by atoms with Crippen molar-refractivity contribution in [2.24, 2.45) is 0 Å². The molecule has 3 aromatic rings. The second-order valence-corrected chi connectivity index (χ2v) is 7.46. The number of rotatable bonds is 7. The van der Waals surface area contributed by atoms with Gasteiger partial charge in [0.25, 0.3) is 0 Å². The van der Waals surface area contributed by atoms with Crippen LogP contribution in [0.25, 0.3) is 11.0 Å². The highest BCUT2D eigenvalue weighted by atomic mass is 16.5. The van der Waals surface area contributed by atoms with Crippen LogP contribution < -0.4 is 4.74 Å². The van der Waals surface area contributed by atoms with Gasteiger partial charge in [-0.1, -0.05) is 30.3 Å². The van der Waals surface area contributed by atoms with Crippen molar-refractivity contribution in [3.8, 4) is 5.88 Å². The van der Waals surface area contributed by atoms with E-state index in [-0.39, 0.29) is 12.6 Å². The van der Waals surface area contributed by atoms with Crippen LogP contribution in [0.4, 0.5) is 4.79 Å². The molecule has 0 spiro atoms. The molecule has 4 N–H and O–H groups in total. The fraction of sp³-hybridized carbons (Fsp3) is 0.381. The first-order valence-electron chi connectivity index (χ1n) is 9.95. The minimum Gasteiger partial charge on any atom is -0.479 e. The van der Waals surface area contributed by atoms with Gasteiger partial charge in [-0.05, 0) is 5.56 Å². The molecule has 1 aliphatic rings. The summed E-state index contributed by atoms with van der Waals surface area (Å²) in [5.41, 5.74) is 2.12. The smallest absolute Gasteiger partial charge is 0.408 e. The maximum atomic E-state index is 11.9. The van der Waals surface area contributed by atoms with Crippen molar-refractivity contribution in [1.29, 1.82) is 0 Å². The van der Waals surface area contributed by atoms with Crippen molar-refractivity contribution < 1.29 is 34.7 Å². The third-order valence-electron chi connectivity index (χ3n) is 5.63. The van der Waals surface area contributed by atoms with Gasteiger partial charge >= 0.3 is 6.09 Å². The Kier molecular flexibility index (Phi) is 6.24. The summed E-state index contributed by atoms with van der Waals surface area (Å²) in [5.74, 6) is 0.248. The number of fused-ring (bicyclic) bond motifs is 1. The predicted octanol–water partition coefficient (Wildman–Crippen LogP) is 0.732. The molecule has 2 aromatic heterocycles. The molecule has 1 amide bonds. The van der Waals surface area contributed by atoms with E-state index in [1.165, 1.54) is 13.4 Å². The maximum Gasteiger partial charge on any atom is 0.408 e. The highest BCUT2D eigenvalue weighted by Gasteiger charge is 2.51. The van der Waals surface area contributed by atoms with Crippen LogP contribution in [0.1, 0.15) is 17.2 Å². The Balaban J connectivity index is 1.74. The van der Waals surface area contributed by atoms with E-state index >= 15 is 0 Å². The van der Waals surface area contributed by atoms with Crippen molar-refractivity contribution in [3.05, 3.63) is 54.0 Å². The van der Waals surface area contributed by atoms with Gasteiger partial charge in [0.2, 0.25) is 5.88 Å². The lowest BCUT2D eigenvalue weighted by Gasteiger charge is -2.26. The van der Waals surface area contributed by atoms with Crippen molar-refractivity contribution in [1.82, 2.24) is 19.4 Å². The van der Waals surface area contributed by atoms with Crippen LogP contribution in [0.15, 0.2) is 42.9 Å². The second kappa shape index (κ2) is 9.09. The Morgan fingerprint density at radius 1 is 1.16 bits per heavy atom. The fourth-order valence-corrected chi connectivity index (χ4v) is 4.17. The van der Waals surface area contributed by atoms with Crippen LogP contribution in [0.5, 0.6) is 5.88 Å². The van der Waals surface area contributed by atoms with Crippen molar-refractivity contribution in [2.75, 3.05) is 13.7 Å². The molecule has 3 heterocycles. The zero-order chi connectivity index (χ0) is 22.8. The summed E-state index contributed by atoms with van der Waals surface area (Å²) in [6.07, 6.45) is -1.44. The third kappa shape index (κ3) is 3.75. The number of hydrogen-bond donors (Lipinski definition) is 4. The molecular weight excluding hydrogens is 420 g/mol. The summed E-state index contributed by atoms with van der Waals surface area (Å²) in [6, 6.07) is 7.25. The number of benzene rings is 1. The van der Waals surface area contributed by atoms with Crippen LogP contribution >= 0.6 is 0 Å². The van der Waals surface area contributed by atoms with Gasteiger partial charge in [0.1, 0.15) is 36.3 Å². The minimum absolute atomic E-state index is 0.0804. The Morgan fingerprint density at radius 3 is 2.56 bits per heavy atom. The molecule has 1 saturated heterocycles. The average Bonchev–Trinajstić information content (AvgIpc) is 3.29. The number of carbonyl (C=O) groups is 1. The third-order valence-corrected chi connectivity index (χ3v) is 5.63. The Labute approximate surface area is 183 Å². The number of amides is 1. The van der Waals surface area contributed by atoms with E-state index in [0.29, 0.717) is 23.2 Å². The minimum atomic E-state index is -1.46. The first-order chi connectivity index (χ1) is 15.5. The largest absolute Gasteiger partial charge is 0.479 e. The van der Waals surface area contributed by atoms with Crippen molar-refractivity contribution in [3.63, 3.8) is 0 Å². The van der Waals surface area contributed by atoms with Gasteiger partial charge in [0, 0.05) is 11.8 Å². The van der Waals surface area contributed by atoms with E-state index in [9.17, 15) is 25.2 Å². The topological polar surface area (TPSA) is 150 Å². The van der Waals surface area contributed by atoms with E-state index in [0.717, 1.165) is 10.5 Å². The lowest BCUT2D eigenvalue weighted by molar-refractivity contribution is 0.0181. The summed E-state index contributed by atoms with van der Waals surface area (Å²) in [5, 5.41) is 40.4. The molecule has 11 nitrogen and oxygen atoms in total. The zero-order valence-electron chi connectivity index (χ0n) is 17.3. The van der Waals surface area contributed by atoms with Gasteiger partial charge in [-0.15, -0.1) is 0 Å². The van der Waals surface area contributed by atoms with Gasteiger partial charge < -0.3 is 34.5 Å². The van der Waals surface area contributed by atoms with Crippen LogP contribution in [0.2, 0.25) is 0 Å². The standard InChI is InChI=1S/C21H24N4O7/c1-31-20-17-15(22-10-23-20)13(7-24(17)11-32-9-12-5-3-2-4-6-12)16-19(28)18(27)14(8-26)25(16)21(29)30/h2-7,10,14,16,18-19,26-28H,8-9,11H2,1H3,(H,29,30). The molecule has 32 heavy (non-hydrogen) atoms. The highest BCUT2D eigenvalue weighted by molar-refractivity contribution is 5.85. The zero-order valence-corrected chi connectivity index (χ0v) is 17.3. The van der Waals surface area contributed by atoms with Crippen molar-refractivity contribution in [2.45, 2.75) is 37.6 Å². The molecule has 0 saturated carbocycles. The lowest BCUT2D eigenvalue weighted by atomic mass is 10.0. The van der Waals surface area contributed by atoms with E-state index in [1.54, 1.807) is 10.8 Å². The molecule has 4 atom stereocenters. The molecule has 11 heteroatoms. The van der Waals surface area contributed by atoms with Gasteiger partial charge in [0.05, 0.1) is 32.4 Å². The van der Waals surface area contributed by atoms with Gasteiger partial charge in [-0.3, -0.25) is 4.90 Å². The molecule has 4 unspecified atom stereocenters. The van der Waals surface area contributed by atoms with E-state index < -0.39 is 37.0 Å². The molecule has 1 aromatic carbocycles. The van der Waals surface area contributed by atoms with Gasteiger partial charge in [-0.25, -0.2) is 9.78 Å². The number of methoxy groups -OCH3 is 1. The fourth-order valence-electron chi connectivity index (χ4n) is 4.17. The molecule has 1 fully saturated rings. The van der Waals surface area contributed by atoms with Crippen LogP contribution in [0.3, 0.4) is 0 Å². The molecule has 170 valence electrons. The number of ether oxygens (including phenoxy) is 2. The number of hydrogen-bond acceptors (Lipinski definition) is 8. The van der Waals surface area contributed by atoms with E-state index in [4.69, 9.17) is 9.47 Å². The number of aromatic nitrogens is 3. The van der Waals surface area contributed by atoms with Crippen molar-refractivity contribution >= 4 is 17.1 Å². The Hall–Kier alpha value is -3.25. The summed E-state index contributed by atoms with van der Waals surface area (Å²) >= 11 is 0. The molecule has 0 aliphatic carbocycles. The summed E-state index contributed by atoms with van der Waals surface area (Å²) in [4.78, 5) is 21.2. The van der Waals surface area contributed by atoms with Crippen LogP contribution in [0, 0.1) is 0 Å².